The first-order valence-electron chi connectivity index (χ1n) is 9.05. The van der Waals surface area contributed by atoms with Crippen LogP contribution in [0.1, 0.15) is 24.3 Å². The molecule has 4 aromatic heterocycles. The number of aromatic nitrogens is 7. The summed E-state index contributed by atoms with van der Waals surface area (Å²) in [6, 6.07) is 9.76. The van der Waals surface area contributed by atoms with Crippen molar-refractivity contribution in [3.05, 3.63) is 72.5 Å². The molecule has 0 aromatic carbocycles. The lowest BCUT2D eigenvalue weighted by molar-refractivity contribution is 0.623. The summed E-state index contributed by atoms with van der Waals surface area (Å²) < 4.78 is 3.99. The molecule has 0 aliphatic heterocycles. The van der Waals surface area contributed by atoms with Crippen LogP contribution in [0.4, 0.5) is 0 Å². The van der Waals surface area contributed by atoms with Gasteiger partial charge in [-0.25, -0.2) is 15.0 Å². The van der Waals surface area contributed by atoms with Crippen LogP contribution in [0, 0.1) is 6.92 Å². The summed E-state index contributed by atoms with van der Waals surface area (Å²) >= 11 is 0. The minimum atomic E-state index is 0.655. The third kappa shape index (κ3) is 3.62. The fourth-order valence-electron chi connectivity index (χ4n) is 3.03. The van der Waals surface area contributed by atoms with Crippen molar-refractivity contribution in [3.63, 3.8) is 0 Å². The zero-order chi connectivity index (χ0) is 18.6. The molecule has 7 nitrogen and oxygen atoms in total. The number of imidazole rings is 1. The Kier molecular flexibility index (Phi) is 4.74. The molecule has 0 saturated heterocycles. The molecule has 0 aliphatic carbocycles. The van der Waals surface area contributed by atoms with E-state index in [2.05, 4.69) is 26.4 Å². The molecular formula is C20H21N7. The second-order valence-corrected chi connectivity index (χ2v) is 6.28. The summed E-state index contributed by atoms with van der Waals surface area (Å²) in [4.78, 5) is 18.0. The highest BCUT2D eigenvalue weighted by molar-refractivity contribution is 5.53. The summed E-state index contributed by atoms with van der Waals surface area (Å²) in [7, 11) is 0. The SMILES string of the molecule is CCc1nccn1CCc1nc(-c2cccnc2)nn1-c1cccc(C)n1. The molecule has 27 heavy (non-hydrogen) atoms. The molecule has 0 radical (unpaired) electrons. The van der Waals surface area contributed by atoms with Crippen LogP contribution >= 0.6 is 0 Å². The molecule has 0 spiro atoms. The van der Waals surface area contributed by atoms with Gasteiger partial charge in [-0.15, -0.1) is 5.10 Å². The molecule has 4 heterocycles. The van der Waals surface area contributed by atoms with Crippen LogP contribution in [0.25, 0.3) is 17.2 Å². The largest absolute Gasteiger partial charge is 0.334 e. The van der Waals surface area contributed by atoms with E-state index in [-0.39, 0.29) is 0 Å². The van der Waals surface area contributed by atoms with Gasteiger partial charge in [-0.1, -0.05) is 13.0 Å². The topological polar surface area (TPSA) is 74.3 Å². The van der Waals surface area contributed by atoms with Crippen LogP contribution in [0.2, 0.25) is 0 Å². The van der Waals surface area contributed by atoms with Crippen LogP contribution in [0.5, 0.6) is 0 Å². The van der Waals surface area contributed by atoms with Gasteiger partial charge in [0.05, 0.1) is 0 Å². The Bertz CT molecular complexity index is 1030. The van der Waals surface area contributed by atoms with E-state index >= 15 is 0 Å². The second-order valence-electron chi connectivity index (χ2n) is 6.28. The van der Waals surface area contributed by atoms with Gasteiger partial charge in [0.1, 0.15) is 11.6 Å². The normalized spacial score (nSPS) is 11.0. The summed E-state index contributed by atoms with van der Waals surface area (Å²) in [5.41, 5.74) is 1.83. The van der Waals surface area contributed by atoms with Crippen LogP contribution in [0.3, 0.4) is 0 Å². The molecular weight excluding hydrogens is 338 g/mol. The Morgan fingerprint density at radius 2 is 1.93 bits per heavy atom. The highest BCUT2D eigenvalue weighted by Gasteiger charge is 2.15. The van der Waals surface area contributed by atoms with Gasteiger partial charge < -0.3 is 4.57 Å². The number of hydrogen-bond acceptors (Lipinski definition) is 5. The molecule has 0 saturated carbocycles. The Morgan fingerprint density at radius 3 is 2.70 bits per heavy atom. The molecule has 0 atom stereocenters. The summed E-state index contributed by atoms with van der Waals surface area (Å²) in [5, 5.41) is 4.71. The van der Waals surface area contributed by atoms with Crippen molar-refractivity contribution >= 4 is 0 Å². The van der Waals surface area contributed by atoms with Gasteiger partial charge in [-0.05, 0) is 31.2 Å². The summed E-state index contributed by atoms with van der Waals surface area (Å²) in [5.74, 6) is 3.36. The molecule has 0 N–H and O–H groups in total. The van der Waals surface area contributed by atoms with E-state index in [9.17, 15) is 0 Å². The van der Waals surface area contributed by atoms with Crippen molar-refractivity contribution in [3.8, 4) is 17.2 Å². The highest BCUT2D eigenvalue weighted by Crippen LogP contribution is 2.18. The van der Waals surface area contributed by atoms with Crippen LogP contribution < -0.4 is 0 Å². The van der Waals surface area contributed by atoms with E-state index in [4.69, 9.17) is 10.1 Å². The standard InChI is InChI=1S/C20H21N7/c1-3-17-22-11-13-26(17)12-9-19-24-20(16-7-5-10-21-14-16)25-27(19)18-8-4-6-15(2)23-18/h4-8,10-11,13-14H,3,9,12H2,1-2H3. The molecule has 0 unspecified atom stereocenters. The second kappa shape index (κ2) is 7.49. The Labute approximate surface area is 157 Å². The molecule has 7 heteroatoms. The molecule has 0 amide bonds. The van der Waals surface area contributed by atoms with Crippen molar-refractivity contribution in [2.45, 2.75) is 33.2 Å². The summed E-state index contributed by atoms with van der Waals surface area (Å²) in [6.45, 7) is 4.87. The van der Waals surface area contributed by atoms with Gasteiger partial charge in [0.25, 0.3) is 0 Å². The maximum absolute atomic E-state index is 4.78. The number of rotatable bonds is 6. The zero-order valence-corrected chi connectivity index (χ0v) is 15.4. The minimum Gasteiger partial charge on any atom is -0.334 e. The van der Waals surface area contributed by atoms with Gasteiger partial charge in [-0.3, -0.25) is 4.98 Å². The summed E-state index contributed by atoms with van der Waals surface area (Å²) in [6.07, 6.45) is 9.00. The van der Waals surface area contributed by atoms with E-state index in [1.165, 1.54) is 0 Å². The monoisotopic (exact) mass is 359 g/mol. The van der Waals surface area contributed by atoms with Gasteiger partial charge in [0.2, 0.25) is 0 Å². The predicted molar refractivity (Wildman–Crippen MR) is 102 cm³/mol. The Balaban J connectivity index is 1.71. The van der Waals surface area contributed by atoms with Gasteiger partial charge >= 0.3 is 0 Å². The van der Waals surface area contributed by atoms with Crippen molar-refractivity contribution in [1.82, 2.24) is 34.3 Å². The lowest BCUT2D eigenvalue weighted by atomic mass is 10.3. The average molecular weight is 359 g/mol. The Morgan fingerprint density at radius 1 is 1.00 bits per heavy atom. The van der Waals surface area contributed by atoms with Crippen molar-refractivity contribution < 1.29 is 0 Å². The first-order valence-corrected chi connectivity index (χ1v) is 9.05. The third-order valence-electron chi connectivity index (χ3n) is 4.38. The van der Waals surface area contributed by atoms with Crippen LogP contribution in [-0.4, -0.2) is 34.3 Å². The van der Waals surface area contributed by atoms with E-state index in [0.717, 1.165) is 48.1 Å². The molecule has 0 aliphatic rings. The van der Waals surface area contributed by atoms with E-state index in [1.807, 2.05) is 54.3 Å². The van der Waals surface area contributed by atoms with Crippen molar-refractivity contribution in [1.29, 1.82) is 0 Å². The average Bonchev–Trinajstić information content (AvgIpc) is 3.33. The first-order chi connectivity index (χ1) is 13.2. The lowest BCUT2D eigenvalue weighted by Crippen LogP contribution is -2.10. The lowest BCUT2D eigenvalue weighted by Gasteiger charge is -2.08. The quantitative estimate of drug-likeness (QED) is 0.529. The Hall–Kier alpha value is -3.35. The van der Waals surface area contributed by atoms with E-state index in [1.54, 1.807) is 12.4 Å². The molecule has 136 valence electrons. The van der Waals surface area contributed by atoms with Crippen molar-refractivity contribution in [2.24, 2.45) is 0 Å². The molecule has 0 bridgehead atoms. The highest BCUT2D eigenvalue weighted by atomic mass is 15.4. The molecule has 0 fully saturated rings. The fraction of sp³-hybridized carbons (Fsp3) is 0.250. The number of nitrogens with zero attached hydrogens (tertiary/aromatic N) is 7. The number of hydrogen-bond donors (Lipinski definition) is 0. The van der Waals surface area contributed by atoms with Gasteiger partial charge in [-0.2, -0.15) is 4.68 Å². The predicted octanol–water partition coefficient (Wildman–Crippen LogP) is 3.03. The maximum atomic E-state index is 4.78. The maximum Gasteiger partial charge on any atom is 0.183 e. The van der Waals surface area contributed by atoms with E-state index in [0.29, 0.717) is 5.82 Å². The first kappa shape index (κ1) is 17.1. The number of pyridine rings is 2. The van der Waals surface area contributed by atoms with E-state index < -0.39 is 0 Å². The van der Waals surface area contributed by atoms with Gasteiger partial charge in [0, 0.05) is 55.4 Å². The zero-order valence-electron chi connectivity index (χ0n) is 15.4. The van der Waals surface area contributed by atoms with Crippen molar-refractivity contribution in [2.75, 3.05) is 0 Å². The third-order valence-corrected chi connectivity index (χ3v) is 4.38. The fourth-order valence-corrected chi connectivity index (χ4v) is 3.03. The minimum absolute atomic E-state index is 0.655. The molecule has 4 rings (SSSR count). The molecule has 4 aromatic rings. The van der Waals surface area contributed by atoms with Crippen LogP contribution in [0.15, 0.2) is 55.1 Å². The van der Waals surface area contributed by atoms with Gasteiger partial charge in [0.15, 0.2) is 11.6 Å². The number of aryl methyl sites for hydroxylation is 4. The smallest absolute Gasteiger partial charge is 0.183 e. The van der Waals surface area contributed by atoms with Crippen LogP contribution in [-0.2, 0) is 19.4 Å².